The number of nitrogens with zero attached hydrogens (tertiary/aromatic N) is 2. The fourth-order valence-electron chi connectivity index (χ4n) is 2.51. The standard InChI is InChI=1S/C20H20N2OS2/c1-4-13-22-17-7-5-6-8-18(17)25-20(22)21-19(23)15-9-11-16(12-10-15)24-14(2)3/h4-12,14H,1,13H2,2-3H3. The van der Waals surface area contributed by atoms with Gasteiger partial charge in [-0.25, -0.2) is 0 Å². The number of carbonyl (C=O) groups is 1. The second kappa shape index (κ2) is 7.85. The molecule has 0 fully saturated rings. The van der Waals surface area contributed by atoms with Crippen molar-refractivity contribution < 1.29 is 4.79 Å². The largest absolute Gasteiger partial charge is 0.312 e. The number of fused-ring (bicyclic) bond motifs is 1. The second-order valence-electron chi connectivity index (χ2n) is 5.86. The minimum Gasteiger partial charge on any atom is -0.312 e. The Hall–Kier alpha value is -2.11. The lowest BCUT2D eigenvalue weighted by molar-refractivity contribution is 0.0998. The molecule has 3 rings (SSSR count). The first kappa shape index (κ1) is 17.7. The molecule has 0 saturated heterocycles. The molecule has 0 N–H and O–H groups in total. The Balaban J connectivity index is 1.97. The van der Waals surface area contributed by atoms with Crippen LogP contribution in [0, 0.1) is 0 Å². The molecule has 0 aliphatic carbocycles. The number of hydrogen-bond donors (Lipinski definition) is 0. The summed E-state index contributed by atoms with van der Waals surface area (Å²) in [6.45, 7) is 8.74. The topological polar surface area (TPSA) is 34.4 Å². The van der Waals surface area contributed by atoms with Crippen LogP contribution in [0.1, 0.15) is 24.2 Å². The first-order valence-corrected chi connectivity index (χ1v) is 9.83. The fraction of sp³-hybridized carbons (Fsp3) is 0.200. The van der Waals surface area contributed by atoms with Gasteiger partial charge in [-0.15, -0.1) is 18.3 Å². The average Bonchev–Trinajstić information content (AvgIpc) is 2.93. The zero-order chi connectivity index (χ0) is 17.8. The summed E-state index contributed by atoms with van der Waals surface area (Å²) in [5.41, 5.74) is 1.68. The molecule has 0 bridgehead atoms. The molecule has 1 amide bonds. The number of allylic oxidation sites excluding steroid dienone is 1. The van der Waals surface area contributed by atoms with Crippen LogP contribution in [0.3, 0.4) is 0 Å². The predicted octanol–water partition coefficient (Wildman–Crippen LogP) is 5.13. The number of hydrogen-bond acceptors (Lipinski definition) is 3. The summed E-state index contributed by atoms with van der Waals surface area (Å²) in [5, 5.41) is 0.516. The van der Waals surface area contributed by atoms with Crippen molar-refractivity contribution in [2.75, 3.05) is 0 Å². The van der Waals surface area contributed by atoms with Crippen molar-refractivity contribution in [3.8, 4) is 0 Å². The summed E-state index contributed by atoms with van der Waals surface area (Å²) in [7, 11) is 0. The number of amides is 1. The fourth-order valence-corrected chi connectivity index (χ4v) is 4.39. The van der Waals surface area contributed by atoms with Gasteiger partial charge >= 0.3 is 0 Å². The molecule has 0 saturated carbocycles. The Morgan fingerprint density at radius 1 is 1.24 bits per heavy atom. The van der Waals surface area contributed by atoms with Crippen molar-refractivity contribution in [1.82, 2.24) is 4.57 Å². The number of benzene rings is 2. The summed E-state index contributed by atoms with van der Waals surface area (Å²) in [6, 6.07) is 15.7. The summed E-state index contributed by atoms with van der Waals surface area (Å²) in [6.07, 6.45) is 1.82. The summed E-state index contributed by atoms with van der Waals surface area (Å²) in [5.74, 6) is -0.217. The lowest BCUT2D eigenvalue weighted by Crippen LogP contribution is -2.16. The summed E-state index contributed by atoms with van der Waals surface area (Å²) >= 11 is 3.30. The third-order valence-corrected chi connectivity index (χ3v) is 5.65. The van der Waals surface area contributed by atoms with Crippen molar-refractivity contribution in [2.45, 2.75) is 30.5 Å². The highest BCUT2D eigenvalue weighted by atomic mass is 32.2. The molecule has 0 aliphatic rings. The Bertz CT molecular complexity index is 965. The van der Waals surface area contributed by atoms with E-state index in [0.717, 1.165) is 15.1 Å². The molecule has 1 aromatic heterocycles. The van der Waals surface area contributed by atoms with Gasteiger partial charge in [-0.2, -0.15) is 4.99 Å². The molecule has 0 unspecified atom stereocenters. The van der Waals surface area contributed by atoms with Crippen LogP contribution in [0.15, 0.2) is 71.1 Å². The number of aromatic nitrogens is 1. The van der Waals surface area contributed by atoms with Gasteiger partial charge in [0, 0.05) is 22.3 Å². The van der Waals surface area contributed by atoms with Crippen molar-refractivity contribution in [1.29, 1.82) is 0 Å². The van der Waals surface area contributed by atoms with E-state index in [4.69, 9.17) is 0 Å². The van der Waals surface area contributed by atoms with E-state index in [1.54, 1.807) is 11.8 Å². The number of rotatable bonds is 5. The Morgan fingerprint density at radius 3 is 2.64 bits per heavy atom. The van der Waals surface area contributed by atoms with Gasteiger partial charge in [0.05, 0.1) is 10.2 Å². The van der Waals surface area contributed by atoms with Crippen LogP contribution in [-0.2, 0) is 6.54 Å². The van der Waals surface area contributed by atoms with E-state index in [0.29, 0.717) is 22.2 Å². The minimum atomic E-state index is -0.217. The zero-order valence-corrected chi connectivity index (χ0v) is 15.9. The van der Waals surface area contributed by atoms with Crippen molar-refractivity contribution in [2.24, 2.45) is 4.99 Å². The smallest absolute Gasteiger partial charge is 0.279 e. The van der Waals surface area contributed by atoms with E-state index < -0.39 is 0 Å². The van der Waals surface area contributed by atoms with Gasteiger partial charge in [0.15, 0.2) is 4.80 Å². The lowest BCUT2D eigenvalue weighted by atomic mass is 10.2. The van der Waals surface area contributed by atoms with Crippen LogP contribution in [-0.4, -0.2) is 15.7 Å². The monoisotopic (exact) mass is 368 g/mol. The van der Waals surface area contributed by atoms with Crippen LogP contribution in [0.4, 0.5) is 0 Å². The lowest BCUT2D eigenvalue weighted by Gasteiger charge is -2.04. The molecule has 3 aromatic rings. The highest BCUT2D eigenvalue weighted by Gasteiger charge is 2.09. The van der Waals surface area contributed by atoms with E-state index >= 15 is 0 Å². The van der Waals surface area contributed by atoms with Crippen molar-refractivity contribution in [3.63, 3.8) is 0 Å². The quantitative estimate of drug-likeness (QED) is 0.462. The third-order valence-electron chi connectivity index (χ3n) is 3.57. The van der Waals surface area contributed by atoms with Gasteiger partial charge in [-0.1, -0.05) is 43.4 Å². The highest BCUT2D eigenvalue weighted by Crippen LogP contribution is 2.23. The number of thiazole rings is 1. The summed E-state index contributed by atoms with van der Waals surface area (Å²) in [4.78, 5) is 18.8. The Kier molecular flexibility index (Phi) is 5.56. The number of carbonyl (C=O) groups excluding carboxylic acids is 1. The molecule has 25 heavy (non-hydrogen) atoms. The van der Waals surface area contributed by atoms with E-state index in [1.165, 1.54) is 11.3 Å². The molecule has 0 atom stereocenters. The van der Waals surface area contributed by atoms with Crippen LogP contribution < -0.4 is 4.80 Å². The minimum absolute atomic E-state index is 0.217. The molecule has 0 radical (unpaired) electrons. The van der Waals surface area contributed by atoms with E-state index in [2.05, 4.69) is 25.4 Å². The summed E-state index contributed by atoms with van der Waals surface area (Å²) < 4.78 is 3.13. The van der Waals surface area contributed by atoms with Gasteiger partial charge in [-0.05, 0) is 36.4 Å². The van der Waals surface area contributed by atoms with Gasteiger partial charge in [0.25, 0.3) is 5.91 Å². The Labute approximate surface area is 155 Å². The van der Waals surface area contributed by atoms with Gasteiger partial charge in [0.2, 0.25) is 0 Å². The normalized spacial score (nSPS) is 12.0. The maximum absolute atomic E-state index is 12.6. The molecule has 1 heterocycles. The maximum atomic E-state index is 12.6. The SMILES string of the molecule is C=CCn1c(=NC(=O)c2ccc(SC(C)C)cc2)sc2ccccc21. The molecule has 128 valence electrons. The third kappa shape index (κ3) is 4.11. The van der Waals surface area contributed by atoms with Crippen LogP contribution in [0.25, 0.3) is 10.2 Å². The predicted molar refractivity (Wildman–Crippen MR) is 107 cm³/mol. The van der Waals surface area contributed by atoms with Crippen molar-refractivity contribution in [3.05, 3.63) is 71.6 Å². The number of para-hydroxylation sites is 1. The Morgan fingerprint density at radius 2 is 1.96 bits per heavy atom. The first-order valence-electron chi connectivity index (χ1n) is 8.13. The van der Waals surface area contributed by atoms with E-state index in [1.807, 2.05) is 59.2 Å². The highest BCUT2D eigenvalue weighted by molar-refractivity contribution is 7.99. The van der Waals surface area contributed by atoms with E-state index in [-0.39, 0.29) is 5.91 Å². The van der Waals surface area contributed by atoms with E-state index in [9.17, 15) is 4.79 Å². The maximum Gasteiger partial charge on any atom is 0.279 e. The van der Waals surface area contributed by atoms with Gasteiger partial charge < -0.3 is 4.57 Å². The molecule has 0 aliphatic heterocycles. The van der Waals surface area contributed by atoms with Crippen LogP contribution in [0.2, 0.25) is 0 Å². The number of thioether (sulfide) groups is 1. The first-order chi connectivity index (χ1) is 12.1. The van der Waals surface area contributed by atoms with Crippen LogP contribution >= 0.6 is 23.1 Å². The molecule has 0 spiro atoms. The van der Waals surface area contributed by atoms with Gasteiger partial charge in [-0.3, -0.25) is 4.79 Å². The second-order valence-corrected chi connectivity index (χ2v) is 8.52. The molecular weight excluding hydrogens is 348 g/mol. The molecule has 5 heteroatoms. The van der Waals surface area contributed by atoms with Gasteiger partial charge in [0.1, 0.15) is 0 Å². The average molecular weight is 369 g/mol. The zero-order valence-electron chi connectivity index (χ0n) is 14.3. The van der Waals surface area contributed by atoms with Crippen molar-refractivity contribution >= 4 is 39.2 Å². The molecule has 2 aromatic carbocycles. The molecular formula is C20H20N2OS2. The molecule has 3 nitrogen and oxygen atoms in total. The van der Waals surface area contributed by atoms with Crippen LogP contribution in [0.5, 0.6) is 0 Å².